The number of aromatic nitrogens is 2. The number of ether oxygens (including phenoxy) is 1. The first kappa shape index (κ1) is 24.3. The number of aliphatic carboxylic acids is 1. The minimum absolute atomic E-state index is 0.0225. The largest absolute Gasteiger partial charge is 0.493 e. The van der Waals surface area contributed by atoms with Gasteiger partial charge < -0.3 is 14.9 Å². The van der Waals surface area contributed by atoms with Crippen LogP contribution < -0.4 is 5.69 Å². The van der Waals surface area contributed by atoms with E-state index in [0.29, 0.717) is 32.7 Å². The molecule has 7 heteroatoms. The third-order valence-electron chi connectivity index (χ3n) is 5.26. The zero-order valence-corrected chi connectivity index (χ0v) is 18.2. The topological polar surface area (TPSA) is 93.7 Å². The fourth-order valence-electron chi connectivity index (χ4n) is 3.19. The summed E-state index contributed by atoms with van der Waals surface area (Å²) in [6, 6.07) is 0. The van der Waals surface area contributed by atoms with E-state index >= 15 is 0 Å². The molecule has 0 amide bonds. The number of carbonyl (C=O) groups is 1. The smallest absolute Gasteiger partial charge is 0.331 e. The van der Waals surface area contributed by atoms with Gasteiger partial charge in [0.2, 0.25) is 5.88 Å². The van der Waals surface area contributed by atoms with Crippen LogP contribution in [-0.4, -0.2) is 38.5 Å². The van der Waals surface area contributed by atoms with Crippen LogP contribution in [0.15, 0.2) is 11.0 Å². The number of imidazole rings is 1. The van der Waals surface area contributed by atoms with Crippen molar-refractivity contribution in [2.45, 2.75) is 86.2 Å². The monoisotopic (exact) mass is 398 g/mol. The molecule has 0 bridgehead atoms. The first-order chi connectivity index (χ1) is 13.0. The fourth-order valence-corrected chi connectivity index (χ4v) is 3.19. The molecule has 0 aliphatic rings. The van der Waals surface area contributed by atoms with Crippen molar-refractivity contribution < 1.29 is 19.7 Å². The third kappa shape index (κ3) is 7.70. The Bertz CT molecular complexity index is 673. The maximum Gasteiger partial charge on any atom is 0.331 e. The number of hydrogen-bond acceptors (Lipinski definition) is 4. The van der Waals surface area contributed by atoms with E-state index in [4.69, 9.17) is 9.84 Å². The molecule has 0 fully saturated rings. The number of aryl methyl sites for hydroxylation is 1. The molecule has 0 unspecified atom stereocenters. The molecular formula is C21H38N2O5. The summed E-state index contributed by atoms with van der Waals surface area (Å²) in [7, 11) is 0. The van der Waals surface area contributed by atoms with Gasteiger partial charge in [0.1, 0.15) is 0 Å². The van der Waals surface area contributed by atoms with E-state index < -0.39 is 11.4 Å². The summed E-state index contributed by atoms with van der Waals surface area (Å²) in [6.07, 6.45) is 6.74. The standard InChI is InChI=1S/C21H38N2O5/c1-6-22-15-17(24)23(19(22)27)16-20(2,3)11-7-9-13-28-14-10-8-12-21(4,5)18(25)26/h15,24H,6-14,16H2,1-5H3,(H,25,26). The van der Waals surface area contributed by atoms with Crippen LogP contribution in [0, 0.1) is 10.8 Å². The average Bonchev–Trinajstić information content (AvgIpc) is 2.87. The Hall–Kier alpha value is -1.76. The van der Waals surface area contributed by atoms with Gasteiger partial charge in [-0.3, -0.25) is 13.9 Å². The first-order valence-corrected chi connectivity index (χ1v) is 10.3. The van der Waals surface area contributed by atoms with Crippen molar-refractivity contribution in [2.75, 3.05) is 13.2 Å². The summed E-state index contributed by atoms with van der Waals surface area (Å²) < 4.78 is 8.61. The molecule has 28 heavy (non-hydrogen) atoms. The van der Waals surface area contributed by atoms with Crippen LogP contribution in [0.4, 0.5) is 0 Å². The molecule has 0 aliphatic carbocycles. The van der Waals surface area contributed by atoms with Crippen molar-refractivity contribution >= 4 is 5.97 Å². The molecular weight excluding hydrogens is 360 g/mol. The second-order valence-corrected chi connectivity index (χ2v) is 9.02. The normalized spacial score (nSPS) is 12.5. The minimum Gasteiger partial charge on any atom is -0.493 e. The Balaban J connectivity index is 2.21. The highest BCUT2D eigenvalue weighted by Gasteiger charge is 2.26. The predicted octanol–water partition coefficient (Wildman–Crippen LogP) is 3.87. The zero-order chi connectivity index (χ0) is 21.4. The average molecular weight is 399 g/mol. The summed E-state index contributed by atoms with van der Waals surface area (Å²) in [5.41, 5.74) is -0.925. The fraction of sp³-hybridized carbons (Fsp3) is 0.810. The van der Waals surface area contributed by atoms with Crippen molar-refractivity contribution in [3.8, 4) is 5.88 Å². The van der Waals surface area contributed by atoms with E-state index in [-0.39, 0.29) is 17.0 Å². The molecule has 0 radical (unpaired) electrons. The van der Waals surface area contributed by atoms with Crippen molar-refractivity contribution in [1.29, 1.82) is 0 Å². The molecule has 1 rings (SSSR count). The molecule has 1 heterocycles. The van der Waals surface area contributed by atoms with Gasteiger partial charge in [-0.05, 0) is 51.9 Å². The van der Waals surface area contributed by atoms with Gasteiger partial charge in [-0.2, -0.15) is 0 Å². The van der Waals surface area contributed by atoms with Crippen LogP contribution in [0.5, 0.6) is 5.88 Å². The van der Waals surface area contributed by atoms with Crippen molar-refractivity contribution in [3.63, 3.8) is 0 Å². The quantitative estimate of drug-likeness (QED) is 0.464. The van der Waals surface area contributed by atoms with Gasteiger partial charge in [-0.25, -0.2) is 4.79 Å². The van der Waals surface area contributed by atoms with Gasteiger partial charge in [0.15, 0.2) is 0 Å². The van der Waals surface area contributed by atoms with E-state index in [2.05, 4.69) is 13.8 Å². The Morgan fingerprint density at radius 3 is 2.14 bits per heavy atom. The van der Waals surface area contributed by atoms with E-state index in [0.717, 1.165) is 32.1 Å². The molecule has 0 saturated carbocycles. The molecule has 0 spiro atoms. The minimum atomic E-state index is -0.752. The van der Waals surface area contributed by atoms with E-state index in [1.54, 1.807) is 13.8 Å². The van der Waals surface area contributed by atoms with Crippen LogP contribution in [-0.2, 0) is 22.6 Å². The highest BCUT2D eigenvalue weighted by Crippen LogP contribution is 2.27. The van der Waals surface area contributed by atoms with Gasteiger partial charge in [-0.15, -0.1) is 0 Å². The van der Waals surface area contributed by atoms with Gasteiger partial charge in [0.05, 0.1) is 11.6 Å². The molecule has 1 aromatic heterocycles. The van der Waals surface area contributed by atoms with Gasteiger partial charge in [0, 0.05) is 26.3 Å². The number of unbranched alkanes of at least 4 members (excludes halogenated alkanes) is 2. The second-order valence-electron chi connectivity index (χ2n) is 9.02. The molecule has 0 atom stereocenters. The van der Waals surface area contributed by atoms with Crippen LogP contribution in [0.25, 0.3) is 0 Å². The van der Waals surface area contributed by atoms with Crippen LogP contribution in [0.3, 0.4) is 0 Å². The zero-order valence-electron chi connectivity index (χ0n) is 18.2. The molecule has 7 nitrogen and oxygen atoms in total. The molecule has 0 aromatic carbocycles. The van der Waals surface area contributed by atoms with Crippen LogP contribution >= 0.6 is 0 Å². The van der Waals surface area contributed by atoms with Gasteiger partial charge in [-0.1, -0.05) is 26.7 Å². The lowest BCUT2D eigenvalue weighted by Crippen LogP contribution is -2.29. The molecule has 1 aromatic rings. The maximum atomic E-state index is 12.2. The van der Waals surface area contributed by atoms with Crippen molar-refractivity contribution in [2.24, 2.45) is 10.8 Å². The number of aromatic hydroxyl groups is 1. The van der Waals surface area contributed by atoms with E-state index in [1.807, 2.05) is 6.92 Å². The summed E-state index contributed by atoms with van der Waals surface area (Å²) in [4.78, 5) is 23.3. The molecule has 0 aliphatic heterocycles. The second kappa shape index (κ2) is 10.7. The lowest BCUT2D eigenvalue weighted by Gasteiger charge is -2.25. The van der Waals surface area contributed by atoms with E-state index in [1.165, 1.54) is 15.3 Å². The van der Waals surface area contributed by atoms with Crippen molar-refractivity contribution in [3.05, 3.63) is 16.7 Å². The Kier molecular flexibility index (Phi) is 9.27. The molecule has 162 valence electrons. The number of carboxylic acids is 1. The molecule has 0 saturated heterocycles. The summed E-state index contributed by atoms with van der Waals surface area (Å²) >= 11 is 0. The predicted molar refractivity (Wildman–Crippen MR) is 110 cm³/mol. The first-order valence-electron chi connectivity index (χ1n) is 10.3. The van der Waals surface area contributed by atoms with Crippen LogP contribution in [0.1, 0.15) is 73.1 Å². The third-order valence-corrected chi connectivity index (χ3v) is 5.26. The van der Waals surface area contributed by atoms with Crippen LogP contribution in [0.2, 0.25) is 0 Å². The number of carboxylic acid groups (broad SMARTS) is 1. The van der Waals surface area contributed by atoms with Crippen molar-refractivity contribution in [1.82, 2.24) is 9.13 Å². The van der Waals surface area contributed by atoms with Gasteiger partial charge in [0.25, 0.3) is 0 Å². The number of rotatable bonds is 14. The summed E-state index contributed by atoms with van der Waals surface area (Å²) in [5.74, 6) is -0.729. The SMILES string of the molecule is CCn1cc(O)n(CC(C)(C)CCCCOCCCCC(C)(C)C(=O)O)c1=O. The summed E-state index contributed by atoms with van der Waals surface area (Å²) in [5, 5.41) is 19.1. The summed E-state index contributed by atoms with van der Waals surface area (Å²) in [6.45, 7) is 12.0. The lowest BCUT2D eigenvalue weighted by molar-refractivity contribution is -0.147. The maximum absolute atomic E-state index is 12.2. The lowest BCUT2D eigenvalue weighted by atomic mass is 9.87. The molecule has 2 N–H and O–H groups in total. The van der Waals surface area contributed by atoms with E-state index in [9.17, 15) is 14.7 Å². The Morgan fingerprint density at radius 2 is 1.64 bits per heavy atom. The van der Waals surface area contributed by atoms with Gasteiger partial charge >= 0.3 is 11.7 Å². The number of nitrogens with zero attached hydrogens (tertiary/aromatic N) is 2. The highest BCUT2D eigenvalue weighted by atomic mass is 16.5. The Morgan fingerprint density at radius 1 is 1.07 bits per heavy atom. The highest BCUT2D eigenvalue weighted by molar-refractivity contribution is 5.73. The number of hydrogen-bond donors (Lipinski definition) is 2. The Labute approximate surface area is 168 Å².